The maximum atomic E-state index is 4.57. The van der Waals surface area contributed by atoms with Gasteiger partial charge in [0.1, 0.15) is 11.6 Å². The smallest absolute Gasteiger partial charge is 0.130 e. The highest BCUT2D eigenvalue weighted by Gasteiger charge is 2.03. The minimum absolute atomic E-state index is 0.978. The summed E-state index contributed by atoms with van der Waals surface area (Å²) in [6.07, 6.45) is 0. The van der Waals surface area contributed by atoms with Crippen molar-refractivity contribution >= 4 is 11.6 Å². The molecular weight excluding hydrogens is 174 g/mol. The Morgan fingerprint density at radius 1 is 1.00 bits per heavy atom. The fraction of sp³-hybridized carbons (Fsp3) is 0.545. The quantitative estimate of drug-likeness (QED) is 0.729. The molecule has 1 aromatic heterocycles. The van der Waals surface area contributed by atoms with Crippen molar-refractivity contribution in [1.29, 1.82) is 0 Å². The third-order valence-electron chi connectivity index (χ3n) is 2.45. The third kappa shape index (κ3) is 2.37. The molecule has 14 heavy (non-hydrogen) atoms. The molecule has 0 radical (unpaired) electrons. The van der Waals surface area contributed by atoms with E-state index >= 15 is 0 Å². The largest absolute Gasteiger partial charge is 0.360 e. The van der Waals surface area contributed by atoms with E-state index < -0.39 is 0 Å². The van der Waals surface area contributed by atoms with Crippen molar-refractivity contribution < 1.29 is 0 Å². The zero-order chi connectivity index (χ0) is 10.6. The first kappa shape index (κ1) is 10.8. The van der Waals surface area contributed by atoms with Crippen LogP contribution in [0.4, 0.5) is 11.6 Å². The molecule has 0 aliphatic carbocycles. The molecule has 0 spiro atoms. The van der Waals surface area contributed by atoms with Crippen molar-refractivity contribution in [3.8, 4) is 0 Å². The van der Waals surface area contributed by atoms with Crippen LogP contribution in [0.1, 0.15) is 13.8 Å². The molecule has 0 atom stereocenters. The molecule has 0 N–H and O–H groups in total. The predicted molar refractivity (Wildman–Crippen MR) is 62.1 cm³/mol. The second-order valence-corrected chi connectivity index (χ2v) is 3.38. The van der Waals surface area contributed by atoms with Gasteiger partial charge in [0.25, 0.3) is 0 Å². The van der Waals surface area contributed by atoms with Crippen LogP contribution in [0.25, 0.3) is 0 Å². The lowest BCUT2D eigenvalue weighted by atomic mass is 10.4. The van der Waals surface area contributed by atoms with Crippen molar-refractivity contribution in [2.75, 3.05) is 37.0 Å². The zero-order valence-corrected chi connectivity index (χ0v) is 9.49. The van der Waals surface area contributed by atoms with Gasteiger partial charge in [0.2, 0.25) is 0 Å². The van der Waals surface area contributed by atoms with E-state index in [1.807, 2.05) is 12.1 Å². The number of nitrogens with zero attached hydrogens (tertiary/aromatic N) is 3. The topological polar surface area (TPSA) is 19.4 Å². The zero-order valence-electron chi connectivity index (χ0n) is 9.49. The summed E-state index contributed by atoms with van der Waals surface area (Å²) in [7, 11) is 4.11. The van der Waals surface area contributed by atoms with Gasteiger partial charge in [0.05, 0.1) is 0 Å². The van der Waals surface area contributed by atoms with Crippen molar-refractivity contribution in [3.05, 3.63) is 18.2 Å². The molecule has 0 aliphatic rings. The van der Waals surface area contributed by atoms with Crippen molar-refractivity contribution in [3.63, 3.8) is 0 Å². The van der Waals surface area contributed by atoms with Gasteiger partial charge in [-0.3, -0.25) is 0 Å². The maximum absolute atomic E-state index is 4.57. The number of rotatable bonds is 4. The number of hydrogen-bond donors (Lipinski definition) is 0. The minimum Gasteiger partial charge on any atom is -0.360 e. The summed E-state index contributed by atoms with van der Waals surface area (Å²) in [5.74, 6) is 2.07. The second kappa shape index (κ2) is 4.84. The molecule has 78 valence electrons. The van der Waals surface area contributed by atoms with Crippen LogP contribution in [0.2, 0.25) is 0 Å². The number of hydrogen-bond acceptors (Lipinski definition) is 3. The molecule has 0 aliphatic heterocycles. The number of pyridine rings is 1. The van der Waals surface area contributed by atoms with E-state index in [2.05, 4.69) is 48.8 Å². The fourth-order valence-corrected chi connectivity index (χ4v) is 1.16. The molecule has 1 aromatic rings. The van der Waals surface area contributed by atoms with Gasteiger partial charge in [-0.15, -0.1) is 0 Å². The first-order valence-electron chi connectivity index (χ1n) is 5.08. The summed E-state index contributed by atoms with van der Waals surface area (Å²) in [4.78, 5) is 8.83. The molecule has 0 amide bonds. The fourth-order valence-electron chi connectivity index (χ4n) is 1.16. The van der Waals surface area contributed by atoms with E-state index in [1.54, 1.807) is 0 Å². The van der Waals surface area contributed by atoms with Gasteiger partial charge in [-0.25, -0.2) is 4.98 Å². The lowest BCUT2D eigenvalue weighted by Crippen LogP contribution is -2.21. The Hall–Kier alpha value is -1.25. The molecule has 0 bridgehead atoms. The Morgan fingerprint density at radius 2 is 1.43 bits per heavy atom. The molecule has 3 heteroatoms. The first-order valence-corrected chi connectivity index (χ1v) is 5.08. The van der Waals surface area contributed by atoms with E-state index in [-0.39, 0.29) is 0 Å². The van der Waals surface area contributed by atoms with Crippen LogP contribution in [0.5, 0.6) is 0 Å². The van der Waals surface area contributed by atoms with E-state index in [0.717, 1.165) is 24.7 Å². The van der Waals surface area contributed by atoms with Crippen LogP contribution < -0.4 is 9.80 Å². The summed E-state index contributed by atoms with van der Waals surface area (Å²) in [5, 5.41) is 0. The molecule has 3 nitrogen and oxygen atoms in total. The number of aromatic nitrogens is 1. The van der Waals surface area contributed by atoms with Gasteiger partial charge in [-0.05, 0) is 26.0 Å². The average Bonchev–Trinajstić information content (AvgIpc) is 2.27. The molecular formula is C11H19N3. The number of anilines is 2. The molecule has 0 saturated heterocycles. The molecule has 1 rings (SSSR count). The van der Waals surface area contributed by atoms with Gasteiger partial charge in [-0.1, -0.05) is 6.07 Å². The lowest BCUT2D eigenvalue weighted by Gasteiger charge is -2.20. The minimum atomic E-state index is 0.978. The normalized spacial score (nSPS) is 10.0. The highest BCUT2D eigenvalue weighted by Crippen LogP contribution is 2.14. The van der Waals surface area contributed by atoms with Crippen LogP contribution in [0, 0.1) is 0 Å². The summed E-state index contributed by atoms with van der Waals surface area (Å²) in [6, 6.07) is 6.13. The summed E-state index contributed by atoms with van der Waals surface area (Å²) in [5.41, 5.74) is 0. The van der Waals surface area contributed by atoms with Crippen LogP contribution >= 0.6 is 0 Å². The standard InChI is InChI=1S/C11H19N3/c1-5-13(3)10-8-7-9-11(12-10)14(4)6-2/h7-9H,5-6H2,1-4H3. The van der Waals surface area contributed by atoms with E-state index in [0.29, 0.717) is 0 Å². The van der Waals surface area contributed by atoms with Crippen molar-refractivity contribution in [2.24, 2.45) is 0 Å². The Labute approximate surface area is 86.4 Å². The summed E-state index contributed by atoms with van der Waals surface area (Å²) in [6.45, 7) is 6.20. The Bertz CT molecular complexity index is 260. The van der Waals surface area contributed by atoms with E-state index in [4.69, 9.17) is 0 Å². The van der Waals surface area contributed by atoms with Gasteiger partial charge in [0.15, 0.2) is 0 Å². The Morgan fingerprint density at radius 3 is 1.79 bits per heavy atom. The monoisotopic (exact) mass is 193 g/mol. The summed E-state index contributed by atoms with van der Waals surface area (Å²) < 4.78 is 0. The Balaban J connectivity index is 2.89. The first-order chi connectivity index (χ1) is 6.69. The predicted octanol–water partition coefficient (Wildman–Crippen LogP) is 1.99. The van der Waals surface area contributed by atoms with Crippen LogP contribution in [0.3, 0.4) is 0 Å². The molecule has 0 unspecified atom stereocenters. The van der Waals surface area contributed by atoms with E-state index in [9.17, 15) is 0 Å². The SMILES string of the molecule is CCN(C)c1cccc(N(C)CC)n1. The van der Waals surface area contributed by atoms with Gasteiger partial charge in [0, 0.05) is 27.2 Å². The maximum Gasteiger partial charge on any atom is 0.130 e. The molecule has 0 aromatic carbocycles. The van der Waals surface area contributed by atoms with Crippen LogP contribution in [-0.4, -0.2) is 32.2 Å². The van der Waals surface area contributed by atoms with Crippen LogP contribution in [-0.2, 0) is 0 Å². The summed E-state index contributed by atoms with van der Waals surface area (Å²) >= 11 is 0. The molecule has 0 fully saturated rings. The van der Waals surface area contributed by atoms with E-state index in [1.165, 1.54) is 0 Å². The van der Waals surface area contributed by atoms with Gasteiger partial charge in [-0.2, -0.15) is 0 Å². The van der Waals surface area contributed by atoms with Gasteiger partial charge < -0.3 is 9.80 Å². The third-order valence-corrected chi connectivity index (χ3v) is 2.45. The van der Waals surface area contributed by atoms with Crippen molar-refractivity contribution in [2.45, 2.75) is 13.8 Å². The van der Waals surface area contributed by atoms with Crippen LogP contribution in [0.15, 0.2) is 18.2 Å². The van der Waals surface area contributed by atoms with Crippen molar-refractivity contribution in [1.82, 2.24) is 4.98 Å². The average molecular weight is 193 g/mol. The highest BCUT2D eigenvalue weighted by molar-refractivity contribution is 5.47. The Kier molecular flexibility index (Phi) is 3.74. The lowest BCUT2D eigenvalue weighted by molar-refractivity contribution is 0.904. The molecule has 1 heterocycles. The van der Waals surface area contributed by atoms with Gasteiger partial charge >= 0.3 is 0 Å². The molecule has 0 saturated carbocycles. The second-order valence-electron chi connectivity index (χ2n) is 3.38. The highest BCUT2D eigenvalue weighted by atomic mass is 15.2.